The van der Waals surface area contributed by atoms with Crippen LogP contribution in [-0.4, -0.2) is 10.9 Å². The van der Waals surface area contributed by atoms with E-state index in [4.69, 9.17) is 11.6 Å². The maximum atomic E-state index is 12.3. The largest absolute Gasteiger partial charge is 0.331 e. The number of nitrogens with zero attached hydrogens (tertiary/aromatic N) is 1. The van der Waals surface area contributed by atoms with Crippen molar-refractivity contribution in [1.29, 1.82) is 0 Å². The normalized spacial score (nSPS) is 10.7. The van der Waals surface area contributed by atoms with Crippen molar-refractivity contribution in [2.75, 3.05) is 10.6 Å². The molecule has 0 bridgehead atoms. The fraction of sp³-hybridized carbons (Fsp3) is 0.158. The summed E-state index contributed by atoms with van der Waals surface area (Å²) in [5, 5.41) is 9.02. The highest BCUT2D eigenvalue weighted by Crippen LogP contribution is 2.24. The van der Waals surface area contributed by atoms with Crippen LogP contribution in [0, 0.1) is 0 Å². The molecule has 0 aliphatic rings. The summed E-state index contributed by atoms with van der Waals surface area (Å²) in [5.41, 5.74) is 3.20. The second-order valence-electron chi connectivity index (χ2n) is 5.90. The molecule has 0 aliphatic carbocycles. The summed E-state index contributed by atoms with van der Waals surface area (Å²) >= 11 is 7.34. The Morgan fingerprint density at radius 2 is 1.88 bits per heavy atom. The molecule has 0 saturated heterocycles. The Morgan fingerprint density at radius 1 is 1.12 bits per heavy atom. The Labute approximate surface area is 155 Å². The van der Waals surface area contributed by atoms with Crippen LogP contribution in [0.1, 0.15) is 35.8 Å². The number of carbonyl (C=O) groups excluding carboxylic acids is 1. The van der Waals surface area contributed by atoms with Gasteiger partial charge in [0, 0.05) is 21.8 Å². The molecule has 0 radical (unpaired) electrons. The van der Waals surface area contributed by atoms with E-state index < -0.39 is 0 Å². The number of thiazole rings is 1. The number of halogens is 1. The molecule has 1 amide bonds. The van der Waals surface area contributed by atoms with Crippen molar-refractivity contribution in [3.63, 3.8) is 0 Å². The van der Waals surface area contributed by atoms with Crippen LogP contribution >= 0.6 is 22.9 Å². The molecule has 2 N–H and O–H groups in total. The lowest BCUT2D eigenvalue weighted by atomic mass is 10.0. The Hall–Kier alpha value is -2.37. The lowest BCUT2D eigenvalue weighted by Crippen LogP contribution is -2.12. The minimum Gasteiger partial charge on any atom is -0.331 e. The van der Waals surface area contributed by atoms with Crippen LogP contribution < -0.4 is 10.6 Å². The summed E-state index contributed by atoms with van der Waals surface area (Å²) in [5.74, 6) is 0.233. The highest BCUT2D eigenvalue weighted by molar-refractivity contribution is 7.14. The highest BCUT2D eigenvalue weighted by Gasteiger charge is 2.11. The third-order valence-corrected chi connectivity index (χ3v) is 4.64. The third-order valence-electron chi connectivity index (χ3n) is 3.65. The van der Waals surface area contributed by atoms with E-state index in [1.165, 1.54) is 16.9 Å². The molecule has 0 aliphatic heterocycles. The van der Waals surface area contributed by atoms with Crippen molar-refractivity contribution < 1.29 is 4.79 Å². The molecular formula is C19H18ClN3OS. The molecular weight excluding hydrogens is 354 g/mol. The van der Waals surface area contributed by atoms with Gasteiger partial charge in [-0.1, -0.05) is 43.6 Å². The fourth-order valence-electron chi connectivity index (χ4n) is 2.27. The van der Waals surface area contributed by atoms with Crippen molar-refractivity contribution in [1.82, 2.24) is 4.98 Å². The van der Waals surface area contributed by atoms with Gasteiger partial charge in [0.2, 0.25) is 0 Å². The topological polar surface area (TPSA) is 54.0 Å². The van der Waals surface area contributed by atoms with Crippen LogP contribution in [0.4, 0.5) is 16.5 Å². The summed E-state index contributed by atoms with van der Waals surface area (Å²) in [6.45, 7) is 4.27. The second kappa shape index (κ2) is 7.68. The SMILES string of the molecule is CC(C)c1ccc(NC(=O)c2csc(Nc3cccc(Cl)c3)n2)cc1. The standard InChI is InChI=1S/C19H18ClN3OS/c1-12(2)13-6-8-15(9-7-13)21-18(24)17-11-25-19(23-17)22-16-5-3-4-14(20)10-16/h3-12H,1-2H3,(H,21,24)(H,22,23). The molecule has 0 saturated carbocycles. The van der Waals surface area contributed by atoms with Crippen LogP contribution in [0.25, 0.3) is 0 Å². The predicted molar refractivity (Wildman–Crippen MR) is 105 cm³/mol. The third kappa shape index (κ3) is 4.59. The summed E-state index contributed by atoms with van der Waals surface area (Å²) in [7, 11) is 0. The fourth-order valence-corrected chi connectivity index (χ4v) is 3.17. The van der Waals surface area contributed by atoms with Gasteiger partial charge < -0.3 is 10.6 Å². The van der Waals surface area contributed by atoms with E-state index in [2.05, 4.69) is 29.5 Å². The van der Waals surface area contributed by atoms with Crippen LogP contribution in [0.2, 0.25) is 5.02 Å². The number of amides is 1. The van der Waals surface area contributed by atoms with Crippen molar-refractivity contribution in [3.8, 4) is 0 Å². The summed E-state index contributed by atoms with van der Waals surface area (Å²) in [6.07, 6.45) is 0. The number of hydrogen-bond acceptors (Lipinski definition) is 4. The second-order valence-corrected chi connectivity index (χ2v) is 7.20. The zero-order valence-corrected chi connectivity index (χ0v) is 15.5. The van der Waals surface area contributed by atoms with Crippen LogP contribution in [0.3, 0.4) is 0 Å². The van der Waals surface area contributed by atoms with Crippen LogP contribution in [0.15, 0.2) is 53.9 Å². The molecule has 25 heavy (non-hydrogen) atoms. The molecule has 4 nitrogen and oxygen atoms in total. The first-order valence-electron chi connectivity index (χ1n) is 7.90. The molecule has 1 heterocycles. The average molecular weight is 372 g/mol. The number of carbonyl (C=O) groups is 1. The highest BCUT2D eigenvalue weighted by atomic mass is 35.5. The van der Waals surface area contributed by atoms with Gasteiger partial charge in [-0.25, -0.2) is 4.98 Å². The number of rotatable bonds is 5. The molecule has 2 aromatic carbocycles. The smallest absolute Gasteiger partial charge is 0.275 e. The maximum Gasteiger partial charge on any atom is 0.275 e. The van der Waals surface area contributed by atoms with E-state index in [-0.39, 0.29) is 5.91 Å². The molecule has 0 fully saturated rings. The zero-order valence-electron chi connectivity index (χ0n) is 13.9. The lowest BCUT2D eigenvalue weighted by molar-refractivity contribution is 0.102. The number of anilines is 3. The molecule has 6 heteroatoms. The maximum absolute atomic E-state index is 12.3. The van der Waals surface area contributed by atoms with Gasteiger partial charge in [0.05, 0.1) is 0 Å². The number of aromatic nitrogens is 1. The predicted octanol–water partition coefficient (Wildman–Crippen LogP) is 5.92. The number of nitrogens with one attached hydrogen (secondary N) is 2. The van der Waals surface area contributed by atoms with E-state index in [0.29, 0.717) is 21.8 Å². The van der Waals surface area contributed by atoms with Gasteiger partial charge >= 0.3 is 0 Å². The first-order chi connectivity index (χ1) is 12.0. The van der Waals surface area contributed by atoms with E-state index in [9.17, 15) is 4.79 Å². The summed E-state index contributed by atoms with van der Waals surface area (Å²) in [6, 6.07) is 15.2. The van der Waals surface area contributed by atoms with Gasteiger partial charge in [-0.2, -0.15) is 0 Å². The number of benzene rings is 2. The van der Waals surface area contributed by atoms with E-state index in [0.717, 1.165) is 11.4 Å². The van der Waals surface area contributed by atoms with E-state index in [1.807, 2.05) is 36.4 Å². The van der Waals surface area contributed by atoms with Gasteiger partial charge in [-0.3, -0.25) is 4.79 Å². The zero-order chi connectivity index (χ0) is 17.8. The van der Waals surface area contributed by atoms with Gasteiger partial charge in [0.15, 0.2) is 5.13 Å². The van der Waals surface area contributed by atoms with Gasteiger partial charge in [0.25, 0.3) is 5.91 Å². The number of hydrogen-bond donors (Lipinski definition) is 2. The lowest BCUT2D eigenvalue weighted by Gasteiger charge is -2.07. The average Bonchev–Trinajstić information content (AvgIpc) is 3.04. The quantitative estimate of drug-likeness (QED) is 0.585. The van der Waals surface area contributed by atoms with Crippen molar-refractivity contribution in [2.45, 2.75) is 19.8 Å². The molecule has 0 spiro atoms. The molecule has 128 valence electrons. The van der Waals surface area contributed by atoms with E-state index in [1.54, 1.807) is 17.5 Å². The van der Waals surface area contributed by atoms with Crippen molar-refractivity contribution in [3.05, 3.63) is 70.2 Å². The van der Waals surface area contributed by atoms with Gasteiger partial charge in [-0.15, -0.1) is 11.3 Å². The Morgan fingerprint density at radius 3 is 2.56 bits per heavy atom. The van der Waals surface area contributed by atoms with Crippen LogP contribution in [0.5, 0.6) is 0 Å². The summed E-state index contributed by atoms with van der Waals surface area (Å²) in [4.78, 5) is 16.7. The van der Waals surface area contributed by atoms with Gasteiger partial charge in [0.1, 0.15) is 5.69 Å². The minimum absolute atomic E-state index is 0.229. The van der Waals surface area contributed by atoms with Crippen LogP contribution in [-0.2, 0) is 0 Å². The summed E-state index contributed by atoms with van der Waals surface area (Å²) < 4.78 is 0. The molecule has 0 atom stereocenters. The first-order valence-corrected chi connectivity index (χ1v) is 9.16. The molecule has 3 aromatic rings. The van der Waals surface area contributed by atoms with Gasteiger partial charge in [-0.05, 0) is 41.8 Å². The molecule has 0 unspecified atom stereocenters. The minimum atomic E-state index is -0.229. The van der Waals surface area contributed by atoms with E-state index >= 15 is 0 Å². The Bertz CT molecular complexity index is 874. The molecule has 1 aromatic heterocycles. The van der Waals surface area contributed by atoms with Crippen molar-refractivity contribution in [2.24, 2.45) is 0 Å². The Kier molecular flexibility index (Phi) is 5.36. The Balaban J connectivity index is 1.66. The monoisotopic (exact) mass is 371 g/mol. The first kappa shape index (κ1) is 17.5. The molecule has 3 rings (SSSR count). The van der Waals surface area contributed by atoms with Crippen molar-refractivity contribution >= 4 is 45.4 Å².